The van der Waals surface area contributed by atoms with Crippen molar-refractivity contribution < 1.29 is 47.6 Å². The van der Waals surface area contributed by atoms with E-state index in [1.165, 1.54) is 6.92 Å². The van der Waals surface area contributed by atoms with Gasteiger partial charge in [0, 0.05) is 27.7 Å². The highest BCUT2D eigenvalue weighted by atomic mass is 16.7. The Kier molecular flexibility index (Phi) is 9.41. The van der Waals surface area contributed by atoms with Crippen molar-refractivity contribution in [3.05, 3.63) is 42.5 Å². The third-order valence-electron chi connectivity index (χ3n) is 4.50. The van der Waals surface area contributed by atoms with Crippen LogP contribution in [-0.2, 0) is 49.3 Å². The number of hydrogen-bond donors (Lipinski definition) is 0. The maximum absolute atomic E-state index is 11.8. The fraction of sp³-hybridized carbons (Fsp3) is 0.478. The molecule has 0 saturated carbocycles. The molecule has 1 fully saturated rings. The van der Waals surface area contributed by atoms with Crippen LogP contribution in [0.25, 0.3) is 0 Å². The molecule has 1 aliphatic rings. The third kappa shape index (κ3) is 7.90. The minimum absolute atomic E-state index is 0.323. The molecule has 0 N–H and O–H groups in total. The van der Waals surface area contributed by atoms with Gasteiger partial charge in [-0.05, 0) is 24.1 Å². The summed E-state index contributed by atoms with van der Waals surface area (Å²) in [6.45, 7) is 8.05. The summed E-state index contributed by atoms with van der Waals surface area (Å²) in [5, 5.41) is 0. The van der Waals surface area contributed by atoms with Gasteiger partial charge in [-0.25, -0.2) is 0 Å². The molecule has 180 valence electrons. The van der Waals surface area contributed by atoms with Gasteiger partial charge in [0.2, 0.25) is 12.4 Å². The van der Waals surface area contributed by atoms with Gasteiger partial charge in [0.1, 0.15) is 18.5 Å². The standard InChI is InChI=1S/C23H28O10/c1-6-7-17-8-10-18(11-9-17)32-23-22(31-16(5)27)21(30-15(4)26)20(29-14(3)25)19(33-23)12-28-13(2)24/h6,8-11,19-23H,1,7,12H2,2-5H3. The van der Waals surface area contributed by atoms with E-state index in [1.54, 1.807) is 18.2 Å². The summed E-state index contributed by atoms with van der Waals surface area (Å²) >= 11 is 0. The normalized spacial score (nSPS) is 24.2. The summed E-state index contributed by atoms with van der Waals surface area (Å²) in [6, 6.07) is 7.02. The van der Waals surface area contributed by atoms with Crippen LogP contribution in [0.15, 0.2) is 36.9 Å². The summed E-state index contributed by atoms with van der Waals surface area (Å²) in [7, 11) is 0. The van der Waals surface area contributed by atoms with Crippen LogP contribution in [0.4, 0.5) is 0 Å². The zero-order valence-electron chi connectivity index (χ0n) is 19.0. The average molecular weight is 464 g/mol. The minimum atomic E-state index is -1.28. The van der Waals surface area contributed by atoms with E-state index < -0.39 is 54.6 Å². The predicted molar refractivity (Wildman–Crippen MR) is 113 cm³/mol. The molecule has 0 spiro atoms. The lowest BCUT2D eigenvalue weighted by molar-refractivity contribution is -0.288. The second-order valence-electron chi connectivity index (χ2n) is 7.32. The first-order valence-electron chi connectivity index (χ1n) is 10.3. The molecule has 1 aromatic carbocycles. The van der Waals surface area contributed by atoms with E-state index >= 15 is 0 Å². The molecule has 0 amide bonds. The second kappa shape index (κ2) is 12.0. The van der Waals surface area contributed by atoms with Gasteiger partial charge in [-0.15, -0.1) is 6.58 Å². The lowest BCUT2D eigenvalue weighted by Crippen LogP contribution is -2.63. The topological polar surface area (TPSA) is 124 Å². The maximum atomic E-state index is 11.8. The van der Waals surface area contributed by atoms with E-state index in [4.69, 9.17) is 28.4 Å². The molecular formula is C23H28O10. The van der Waals surface area contributed by atoms with E-state index in [-0.39, 0.29) is 6.61 Å². The zero-order valence-corrected chi connectivity index (χ0v) is 19.0. The molecular weight excluding hydrogens is 436 g/mol. The van der Waals surface area contributed by atoms with Gasteiger partial charge < -0.3 is 28.4 Å². The van der Waals surface area contributed by atoms with Crippen molar-refractivity contribution in [3.63, 3.8) is 0 Å². The van der Waals surface area contributed by atoms with Crippen LogP contribution in [0, 0.1) is 0 Å². The molecule has 1 saturated heterocycles. The second-order valence-corrected chi connectivity index (χ2v) is 7.32. The van der Waals surface area contributed by atoms with Gasteiger partial charge in [-0.1, -0.05) is 18.2 Å². The van der Waals surface area contributed by atoms with Crippen molar-refractivity contribution >= 4 is 23.9 Å². The maximum Gasteiger partial charge on any atom is 0.303 e. The number of carbonyl (C=O) groups excluding carboxylic acids is 4. The Hall–Kier alpha value is -3.40. The summed E-state index contributed by atoms with van der Waals surface area (Å²) in [5.74, 6) is -2.33. The molecule has 33 heavy (non-hydrogen) atoms. The Morgan fingerprint density at radius 1 is 0.848 bits per heavy atom. The van der Waals surface area contributed by atoms with Gasteiger partial charge in [-0.3, -0.25) is 19.2 Å². The summed E-state index contributed by atoms with van der Waals surface area (Å²) in [5.41, 5.74) is 0.999. The van der Waals surface area contributed by atoms with Crippen molar-refractivity contribution in [2.24, 2.45) is 0 Å². The molecule has 1 aliphatic heterocycles. The van der Waals surface area contributed by atoms with Crippen LogP contribution >= 0.6 is 0 Å². The van der Waals surface area contributed by atoms with Crippen molar-refractivity contribution in [2.45, 2.75) is 64.8 Å². The first kappa shape index (κ1) is 25.9. The van der Waals surface area contributed by atoms with E-state index in [0.29, 0.717) is 12.2 Å². The van der Waals surface area contributed by atoms with Gasteiger partial charge in [0.05, 0.1) is 0 Å². The van der Waals surface area contributed by atoms with Crippen LogP contribution < -0.4 is 4.74 Å². The predicted octanol–water partition coefficient (Wildman–Crippen LogP) is 1.88. The molecule has 0 aromatic heterocycles. The summed E-state index contributed by atoms with van der Waals surface area (Å²) < 4.78 is 32.9. The molecule has 5 atom stereocenters. The van der Waals surface area contributed by atoms with Crippen LogP contribution in [0.5, 0.6) is 5.75 Å². The molecule has 10 heteroatoms. The Morgan fingerprint density at radius 3 is 1.91 bits per heavy atom. The van der Waals surface area contributed by atoms with Crippen LogP contribution in [-0.4, -0.2) is 61.2 Å². The largest absolute Gasteiger partial charge is 0.463 e. The fourth-order valence-corrected chi connectivity index (χ4v) is 3.29. The lowest BCUT2D eigenvalue weighted by atomic mass is 9.98. The van der Waals surface area contributed by atoms with Gasteiger partial charge in [-0.2, -0.15) is 0 Å². The fourth-order valence-electron chi connectivity index (χ4n) is 3.29. The highest BCUT2D eigenvalue weighted by Crippen LogP contribution is 2.31. The molecule has 1 heterocycles. The minimum Gasteiger partial charge on any atom is -0.463 e. The molecule has 10 nitrogen and oxygen atoms in total. The molecule has 1 aromatic rings. The molecule has 5 unspecified atom stereocenters. The van der Waals surface area contributed by atoms with Crippen molar-refractivity contribution in [1.29, 1.82) is 0 Å². The molecule has 0 radical (unpaired) electrons. The number of carbonyl (C=O) groups is 4. The number of ether oxygens (including phenoxy) is 6. The molecule has 0 bridgehead atoms. The molecule has 2 rings (SSSR count). The third-order valence-corrected chi connectivity index (χ3v) is 4.50. The monoisotopic (exact) mass is 464 g/mol. The summed E-state index contributed by atoms with van der Waals surface area (Å²) in [4.78, 5) is 46.8. The average Bonchev–Trinajstić information content (AvgIpc) is 2.71. The Bertz CT molecular complexity index is 862. The van der Waals surface area contributed by atoms with Crippen LogP contribution in [0.1, 0.15) is 33.3 Å². The zero-order chi connectivity index (χ0) is 24.5. The van der Waals surface area contributed by atoms with E-state index in [1.807, 2.05) is 12.1 Å². The first-order valence-corrected chi connectivity index (χ1v) is 10.3. The van der Waals surface area contributed by atoms with E-state index in [2.05, 4.69) is 6.58 Å². The summed E-state index contributed by atoms with van der Waals surface area (Å²) in [6.07, 6.45) is -3.71. The Morgan fingerprint density at radius 2 is 1.39 bits per heavy atom. The quantitative estimate of drug-likeness (QED) is 0.304. The van der Waals surface area contributed by atoms with Gasteiger partial charge in [0.15, 0.2) is 12.2 Å². The van der Waals surface area contributed by atoms with Crippen molar-refractivity contribution in [1.82, 2.24) is 0 Å². The lowest BCUT2D eigenvalue weighted by Gasteiger charge is -2.43. The highest BCUT2D eigenvalue weighted by Gasteiger charge is 2.53. The number of rotatable bonds is 9. The number of esters is 4. The van der Waals surface area contributed by atoms with Crippen LogP contribution in [0.3, 0.4) is 0 Å². The first-order chi connectivity index (χ1) is 15.6. The number of benzene rings is 1. The number of hydrogen-bond acceptors (Lipinski definition) is 10. The molecule has 0 aliphatic carbocycles. The smallest absolute Gasteiger partial charge is 0.303 e. The van der Waals surface area contributed by atoms with Gasteiger partial charge in [0.25, 0.3) is 0 Å². The van der Waals surface area contributed by atoms with Gasteiger partial charge >= 0.3 is 23.9 Å². The SMILES string of the molecule is C=CCc1ccc(OC2OC(COC(C)=O)C(OC(C)=O)C(OC(C)=O)C2OC(C)=O)cc1. The van der Waals surface area contributed by atoms with E-state index in [9.17, 15) is 19.2 Å². The Labute approximate surface area is 191 Å². The Balaban J connectivity index is 2.41. The van der Waals surface area contributed by atoms with Crippen molar-refractivity contribution in [3.8, 4) is 5.75 Å². The number of allylic oxidation sites excluding steroid dienone is 1. The van der Waals surface area contributed by atoms with Crippen molar-refractivity contribution in [2.75, 3.05) is 6.61 Å². The van der Waals surface area contributed by atoms with E-state index in [0.717, 1.165) is 26.3 Å². The highest BCUT2D eigenvalue weighted by molar-refractivity contribution is 5.68. The van der Waals surface area contributed by atoms with Crippen LogP contribution in [0.2, 0.25) is 0 Å².